The van der Waals surface area contributed by atoms with Crippen molar-refractivity contribution >= 4 is 11.6 Å². The molecule has 2 nitrogen and oxygen atoms in total. The summed E-state index contributed by atoms with van der Waals surface area (Å²) in [6, 6.07) is 0. The molecule has 0 aliphatic carbocycles. The van der Waals surface area contributed by atoms with E-state index in [9.17, 15) is 0 Å². The van der Waals surface area contributed by atoms with E-state index < -0.39 is 0 Å². The number of hydrogen-bond donors (Lipinski definition) is 1. The number of H-pyrrole nitrogens is 1. The van der Waals surface area contributed by atoms with E-state index in [1.807, 2.05) is 6.20 Å². The fraction of sp³-hybridized carbons (Fsp3) is 0.700. The topological polar surface area (TPSA) is 28.7 Å². The minimum absolute atomic E-state index is 0.100. The number of alkyl halides is 1. The van der Waals surface area contributed by atoms with Crippen molar-refractivity contribution in [3.05, 3.63) is 17.7 Å². The lowest BCUT2D eigenvalue weighted by Gasteiger charge is -2.03. The van der Waals surface area contributed by atoms with Gasteiger partial charge in [0.25, 0.3) is 0 Å². The smallest absolute Gasteiger partial charge is 0.106 e. The van der Waals surface area contributed by atoms with E-state index in [0.717, 1.165) is 37.2 Å². The van der Waals surface area contributed by atoms with E-state index >= 15 is 0 Å². The lowest BCUT2D eigenvalue weighted by Crippen LogP contribution is -1.91. The molecule has 0 saturated heterocycles. The molecule has 1 unspecified atom stereocenters. The number of hydrogen-bond acceptors (Lipinski definition) is 1. The molecule has 0 bridgehead atoms. The molecule has 1 atom stereocenters. The number of aryl methyl sites for hydroxylation is 1. The largest absolute Gasteiger partial charge is 0.345 e. The fourth-order valence-electron chi connectivity index (χ4n) is 1.31. The van der Waals surface area contributed by atoms with Crippen molar-refractivity contribution in [3.63, 3.8) is 0 Å². The lowest BCUT2D eigenvalue weighted by atomic mass is 10.2. The van der Waals surface area contributed by atoms with E-state index in [0.29, 0.717) is 0 Å². The molecular formula is C10H17ClN2. The molecule has 1 aromatic heterocycles. The summed E-state index contributed by atoms with van der Waals surface area (Å²) in [5.41, 5.74) is 1.06. The number of rotatable bonds is 5. The Hall–Kier alpha value is -0.500. The minimum Gasteiger partial charge on any atom is -0.345 e. The maximum atomic E-state index is 6.15. The van der Waals surface area contributed by atoms with Crippen molar-refractivity contribution in [2.45, 2.75) is 44.9 Å². The Morgan fingerprint density at radius 2 is 2.23 bits per heavy atom. The minimum atomic E-state index is 0.100. The van der Waals surface area contributed by atoms with Crippen LogP contribution in [0.2, 0.25) is 0 Å². The summed E-state index contributed by atoms with van der Waals surface area (Å²) in [5, 5.41) is 0.100. The Labute approximate surface area is 84.7 Å². The van der Waals surface area contributed by atoms with Crippen molar-refractivity contribution in [2.75, 3.05) is 0 Å². The standard InChI is InChI=1S/C10H17ClN2/c1-3-5-8(11)9-7-12-10(13-9)6-4-2/h7-8H,3-6H2,1-2H3,(H,12,13). The first-order chi connectivity index (χ1) is 6.27. The Morgan fingerprint density at radius 1 is 1.46 bits per heavy atom. The first kappa shape index (κ1) is 10.6. The van der Waals surface area contributed by atoms with Crippen LogP contribution in [0.1, 0.15) is 50.0 Å². The van der Waals surface area contributed by atoms with E-state index in [1.54, 1.807) is 0 Å². The number of nitrogens with zero attached hydrogens (tertiary/aromatic N) is 1. The summed E-state index contributed by atoms with van der Waals surface area (Å²) in [4.78, 5) is 7.52. The van der Waals surface area contributed by atoms with Crippen LogP contribution in [0.15, 0.2) is 6.20 Å². The number of aromatic nitrogens is 2. The van der Waals surface area contributed by atoms with Gasteiger partial charge in [0.15, 0.2) is 0 Å². The third kappa shape index (κ3) is 3.03. The molecule has 13 heavy (non-hydrogen) atoms. The zero-order valence-corrected chi connectivity index (χ0v) is 9.06. The highest BCUT2D eigenvalue weighted by Gasteiger charge is 2.09. The second kappa shape index (κ2) is 5.28. The van der Waals surface area contributed by atoms with Crippen LogP contribution >= 0.6 is 11.6 Å². The maximum absolute atomic E-state index is 6.15. The van der Waals surface area contributed by atoms with E-state index in [4.69, 9.17) is 11.6 Å². The van der Waals surface area contributed by atoms with Gasteiger partial charge in [-0.25, -0.2) is 4.98 Å². The van der Waals surface area contributed by atoms with Crippen LogP contribution in [0.3, 0.4) is 0 Å². The fourth-order valence-corrected chi connectivity index (χ4v) is 1.64. The monoisotopic (exact) mass is 200 g/mol. The van der Waals surface area contributed by atoms with Crippen LogP contribution in [0, 0.1) is 0 Å². The van der Waals surface area contributed by atoms with Crippen molar-refractivity contribution in [3.8, 4) is 0 Å². The third-order valence-corrected chi connectivity index (χ3v) is 2.47. The maximum Gasteiger partial charge on any atom is 0.106 e. The van der Waals surface area contributed by atoms with Crippen molar-refractivity contribution in [1.29, 1.82) is 0 Å². The molecule has 0 saturated carbocycles. The summed E-state index contributed by atoms with van der Waals surface area (Å²) in [6.07, 6.45) is 6.10. The van der Waals surface area contributed by atoms with Gasteiger partial charge in [-0.1, -0.05) is 20.3 Å². The van der Waals surface area contributed by atoms with E-state index in [-0.39, 0.29) is 5.38 Å². The molecule has 0 aromatic carbocycles. The van der Waals surface area contributed by atoms with Crippen LogP contribution in [-0.2, 0) is 6.42 Å². The van der Waals surface area contributed by atoms with Crippen molar-refractivity contribution < 1.29 is 0 Å². The zero-order chi connectivity index (χ0) is 9.68. The number of aromatic amines is 1. The van der Waals surface area contributed by atoms with Gasteiger partial charge in [0.05, 0.1) is 11.1 Å². The molecule has 74 valence electrons. The number of nitrogens with one attached hydrogen (secondary N) is 1. The van der Waals surface area contributed by atoms with Gasteiger partial charge < -0.3 is 4.98 Å². The van der Waals surface area contributed by atoms with Gasteiger partial charge in [0, 0.05) is 12.6 Å². The molecule has 1 N–H and O–H groups in total. The van der Waals surface area contributed by atoms with Crippen molar-refractivity contribution in [2.24, 2.45) is 0 Å². The van der Waals surface area contributed by atoms with Gasteiger partial charge in [0.1, 0.15) is 5.82 Å². The Bertz CT molecular complexity index is 245. The lowest BCUT2D eigenvalue weighted by molar-refractivity contribution is 0.750. The third-order valence-electron chi connectivity index (χ3n) is 2.01. The summed E-state index contributed by atoms with van der Waals surface area (Å²) in [7, 11) is 0. The summed E-state index contributed by atoms with van der Waals surface area (Å²) < 4.78 is 0. The molecule has 3 heteroatoms. The Balaban J connectivity index is 2.56. The second-order valence-corrected chi connectivity index (χ2v) is 3.82. The molecule has 0 aliphatic heterocycles. The summed E-state index contributed by atoms with van der Waals surface area (Å²) >= 11 is 6.15. The Morgan fingerprint density at radius 3 is 2.85 bits per heavy atom. The zero-order valence-electron chi connectivity index (χ0n) is 8.31. The highest BCUT2D eigenvalue weighted by molar-refractivity contribution is 6.20. The van der Waals surface area contributed by atoms with Gasteiger partial charge in [-0.05, 0) is 12.8 Å². The molecule has 1 heterocycles. The number of halogens is 1. The normalized spacial score (nSPS) is 13.2. The SMILES string of the molecule is CCCc1ncc(C(Cl)CCC)[nH]1. The van der Waals surface area contributed by atoms with Crippen molar-refractivity contribution in [1.82, 2.24) is 9.97 Å². The Kier molecular flexibility index (Phi) is 4.29. The van der Waals surface area contributed by atoms with Gasteiger partial charge in [-0.2, -0.15) is 0 Å². The van der Waals surface area contributed by atoms with Crippen LogP contribution in [0.4, 0.5) is 0 Å². The van der Waals surface area contributed by atoms with E-state index in [1.165, 1.54) is 0 Å². The quantitative estimate of drug-likeness (QED) is 0.725. The first-order valence-electron chi connectivity index (χ1n) is 4.95. The predicted molar refractivity (Wildman–Crippen MR) is 56.1 cm³/mol. The molecule has 1 rings (SSSR count). The molecule has 0 fully saturated rings. The van der Waals surface area contributed by atoms with Gasteiger partial charge in [0.2, 0.25) is 0 Å². The molecule has 1 aromatic rings. The molecular weight excluding hydrogens is 184 g/mol. The second-order valence-electron chi connectivity index (χ2n) is 3.29. The van der Waals surface area contributed by atoms with Crippen LogP contribution in [0.25, 0.3) is 0 Å². The molecule has 0 amide bonds. The average molecular weight is 201 g/mol. The predicted octanol–water partition coefficient (Wildman–Crippen LogP) is 3.44. The van der Waals surface area contributed by atoms with Gasteiger partial charge in [-0.15, -0.1) is 11.6 Å². The number of imidazole rings is 1. The first-order valence-corrected chi connectivity index (χ1v) is 5.39. The summed E-state index contributed by atoms with van der Waals surface area (Å²) in [6.45, 7) is 4.28. The van der Waals surface area contributed by atoms with E-state index in [2.05, 4.69) is 23.8 Å². The summed E-state index contributed by atoms with van der Waals surface area (Å²) in [5.74, 6) is 1.05. The highest BCUT2D eigenvalue weighted by Crippen LogP contribution is 2.23. The van der Waals surface area contributed by atoms with Crippen LogP contribution in [0.5, 0.6) is 0 Å². The molecule has 0 spiro atoms. The molecule has 0 aliphatic rings. The van der Waals surface area contributed by atoms with Crippen LogP contribution in [-0.4, -0.2) is 9.97 Å². The highest BCUT2D eigenvalue weighted by atomic mass is 35.5. The van der Waals surface area contributed by atoms with Crippen LogP contribution < -0.4 is 0 Å². The average Bonchev–Trinajstić information content (AvgIpc) is 2.54. The van der Waals surface area contributed by atoms with Gasteiger partial charge >= 0.3 is 0 Å². The van der Waals surface area contributed by atoms with Gasteiger partial charge in [-0.3, -0.25) is 0 Å². The molecule has 0 radical (unpaired) electrons.